The van der Waals surface area contributed by atoms with Gasteiger partial charge in [0.05, 0.1) is 0 Å². The number of benzene rings is 2. The molecule has 0 aromatic heterocycles. The fraction of sp³-hybridized carbons (Fsp3) is 0.429. The molecule has 0 spiro atoms. The normalized spacial score (nSPS) is 29.2. The highest BCUT2D eigenvalue weighted by Gasteiger charge is 2.48. The number of fused-ring (bicyclic) bond motifs is 3. The lowest BCUT2D eigenvalue weighted by molar-refractivity contribution is -0.0764. The maximum atomic E-state index is 12.0. The summed E-state index contributed by atoms with van der Waals surface area (Å²) in [6.07, 6.45) is 2.43. The average Bonchev–Trinajstić information content (AvgIpc) is 2.63. The summed E-state index contributed by atoms with van der Waals surface area (Å²) in [4.78, 5) is 2.52. The van der Waals surface area contributed by atoms with Crippen molar-refractivity contribution in [3.8, 4) is 0 Å². The summed E-state index contributed by atoms with van der Waals surface area (Å²) in [5.41, 5.74) is 2.41. The molecule has 0 amide bonds. The molecule has 2 aromatic carbocycles. The van der Waals surface area contributed by atoms with Gasteiger partial charge < -0.3 is 10.0 Å². The Bertz CT molecular complexity index is 658. The number of piperidine rings is 3. The molecular weight excluding hydrogens is 282 g/mol. The van der Waals surface area contributed by atoms with Gasteiger partial charge in [0.15, 0.2) is 0 Å². The number of aryl methyl sites for hydroxylation is 1. The topological polar surface area (TPSA) is 23.5 Å². The van der Waals surface area contributed by atoms with Crippen molar-refractivity contribution in [3.05, 3.63) is 71.3 Å². The van der Waals surface area contributed by atoms with Gasteiger partial charge in [0, 0.05) is 12.5 Å². The van der Waals surface area contributed by atoms with Crippen molar-refractivity contribution in [2.75, 3.05) is 19.6 Å². The summed E-state index contributed by atoms with van der Waals surface area (Å²) in [6.45, 7) is 5.49. The van der Waals surface area contributed by atoms with Gasteiger partial charge in [-0.25, -0.2) is 0 Å². The number of hydrogen-bond acceptors (Lipinski definition) is 2. The highest BCUT2D eigenvalue weighted by molar-refractivity contribution is 5.39. The van der Waals surface area contributed by atoms with Gasteiger partial charge in [-0.05, 0) is 49.9 Å². The van der Waals surface area contributed by atoms with Crippen molar-refractivity contribution >= 4 is 0 Å². The average molecular weight is 307 g/mol. The monoisotopic (exact) mass is 307 g/mol. The first-order chi connectivity index (χ1) is 11.2. The first-order valence-corrected chi connectivity index (χ1v) is 8.75. The number of rotatable bonds is 3. The highest BCUT2D eigenvalue weighted by atomic mass is 16.3. The van der Waals surface area contributed by atoms with Gasteiger partial charge in [-0.3, -0.25) is 0 Å². The van der Waals surface area contributed by atoms with E-state index in [4.69, 9.17) is 0 Å². The van der Waals surface area contributed by atoms with Crippen molar-refractivity contribution in [2.45, 2.75) is 25.4 Å². The van der Waals surface area contributed by atoms with Gasteiger partial charge in [0.2, 0.25) is 0 Å². The molecule has 3 fully saturated rings. The lowest BCUT2D eigenvalue weighted by Gasteiger charge is -2.51. The van der Waals surface area contributed by atoms with Crippen LogP contribution in [0.5, 0.6) is 0 Å². The summed E-state index contributed by atoms with van der Waals surface area (Å²) >= 11 is 0. The van der Waals surface area contributed by atoms with Gasteiger partial charge in [-0.2, -0.15) is 0 Å². The van der Waals surface area contributed by atoms with Crippen LogP contribution in [-0.4, -0.2) is 29.6 Å². The summed E-state index contributed by atoms with van der Waals surface area (Å²) in [6, 6.07) is 18.7. The SMILES string of the molecule is Cc1ccc(C(O)(c2ccccc2)C2CN3CCC2CC3)cc1. The third kappa shape index (κ3) is 2.50. The molecular formula is C21H25NO. The Morgan fingerprint density at radius 1 is 0.913 bits per heavy atom. The molecule has 2 aromatic rings. The number of aliphatic hydroxyl groups is 1. The molecule has 3 saturated heterocycles. The van der Waals surface area contributed by atoms with Crippen LogP contribution in [-0.2, 0) is 5.60 Å². The fourth-order valence-corrected chi connectivity index (χ4v) is 4.53. The maximum absolute atomic E-state index is 12.0. The van der Waals surface area contributed by atoms with Crippen LogP contribution >= 0.6 is 0 Å². The third-order valence-electron chi connectivity index (χ3n) is 5.90. The third-order valence-corrected chi connectivity index (χ3v) is 5.90. The smallest absolute Gasteiger partial charge is 0.119 e. The van der Waals surface area contributed by atoms with Crippen LogP contribution in [0.4, 0.5) is 0 Å². The second kappa shape index (κ2) is 5.77. The zero-order chi connectivity index (χ0) is 15.9. The second-order valence-electron chi connectivity index (χ2n) is 7.24. The van der Waals surface area contributed by atoms with E-state index in [-0.39, 0.29) is 5.92 Å². The van der Waals surface area contributed by atoms with E-state index >= 15 is 0 Å². The minimum atomic E-state index is -0.890. The Balaban J connectivity index is 1.82. The molecule has 2 bridgehead atoms. The molecule has 0 aliphatic carbocycles. The predicted molar refractivity (Wildman–Crippen MR) is 93.3 cm³/mol. The Labute approximate surface area is 138 Å². The highest BCUT2D eigenvalue weighted by Crippen LogP contribution is 2.46. The van der Waals surface area contributed by atoms with Crippen LogP contribution in [0.15, 0.2) is 54.6 Å². The Morgan fingerprint density at radius 3 is 2.09 bits per heavy atom. The van der Waals surface area contributed by atoms with Gasteiger partial charge in [-0.1, -0.05) is 60.2 Å². The Morgan fingerprint density at radius 2 is 1.52 bits per heavy atom. The summed E-state index contributed by atoms with van der Waals surface area (Å²) < 4.78 is 0. The molecule has 0 saturated carbocycles. The second-order valence-corrected chi connectivity index (χ2v) is 7.24. The Kier molecular flexibility index (Phi) is 3.74. The van der Waals surface area contributed by atoms with Crippen molar-refractivity contribution in [3.63, 3.8) is 0 Å². The van der Waals surface area contributed by atoms with Gasteiger partial charge in [-0.15, -0.1) is 0 Å². The molecule has 1 N–H and O–H groups in total. The van der Waals surface area contributed by atoms with E-state index in [0.717, 1.165) is 17.7 Å². The van der Waals surface area contributed by atoms with Gasteiger partial charge >= 0.3 is 0 Å². The lowest BCUT2D eigenvalue weighted by Crippen LogP contribution is -2.55. The van der Waals surface area contributed by atoms with E-state index in [9.17, 15) is 5.11 Å². The summed E-state index contributed by atoms with van der Waals surface area (Å²) in [7, 11) is 0. The minimum Gasteiger partial charge on any atom is -0.380 e. The quantitative estimate of drug-likeness (QED) is 0.937. The van der Waals surface area contributed by atoms with Crippen LogP contribution < -0.4 is 0 Å². The standard InChI is InChI=1S/C21H25NO/c1-16-7-9-19(10-8-16)21(23,18-5-3-2-4-6-18)20-15-22-13-11-17(20)12-14-22/h2-10,17,20,23H,11-15H2,1H3. The number of hydrogen-bond donors (Lipinski definition) is 1. The van der Waals surface area contributed by atoms with Crippen molar-refractivity contribution < 1.29 is 5.11 Å². The molecule has 3 heterocycles. The minimum absolute atomic E-state index is 0.273. The predicted octanol–water partition coefficient (Wildman–Crippen LogP) is 3.57. The number of nitrogens with zero attached hydrogens (tertiary/aromatic N) is 1. The van der Waals surface area contributed by atoms with Crippen LogP contribution in [0.3, 0.4) is 0 Å². The van der Waals surface area contributed by atoms with Gasteiger partial charge in [0.1, 0.15) is 5.60 Å². The largest absolute Gasteiger partial charge is 0.380 e. The van der Waals surface area contributed by atoms with Crippen molar-refractivity contribution in [1.82, 2.24) is 4.90 Å². The summed E-state index contributed by atoms with van der Waals surface area (Å²) in [5, 5.41) is 12.0. The zero-order valence-corrected chi connectivity index (χ0v) is 13.8. The van der Waals surface area contributed by atoms with E-state index < -0.39 is 5.60 Å². The van der Waals surface area contributed by atoms with E-state index in [1.165, 1.54) is 31.5 Å². The first kappa shape index (κ1) is 14.9. The molecule has 5 rings (SSSR count). The van der Waals surface area contributed by atoms with Crippen LogP contribution in [0.25, 0.3) is 0 Å². The molecule has 0 radical (unpaired) electrons. The van der Waals surface area contributed by atoms with E-state index in [0.29, 0.717) is 5.92 Å². The van der Waals surface area contributed by atoms with Crippen LogP contribution in [0, 0.1) is 18.8 Å². The Hall–Kier alpha value is -1.64. The van der Waals surface area contributed by atoms with Gasteiger partial charge in [0.25, 0.3) is 0 Å². The van der Waals surface area contributed by atoms with E-state index in [2.05, 4.69) is 48.2 Å². The maximum Gasteiger partial charge on any atom is 0.119 e. The molecule has 120 valence electrons. The molecule has 3 aliphatic heterocycles. The van der Waals surface area contributed by atoms with Crippen LogP contribution in [0.1, 0.15) is 29.5 Å². The zero-order valence-electron chi connectivity index (χ0n) is 13.8. The van der Waals surface area contributed by atoms with Crippen molar-refractivity contribution in [1.29, 1.82) is 0 Å². The molecule has 23 heavy (non-hydrogen) atoms. The molecule has 3 aliphatic rings. The van der Waals surface area contributed by atoms with Crippen LogP contribution in [0.2, 0.25) is 0 Å². The first-order valence-electron chi connectivity index (χ1n) is 8.75. The van der Waals surface area contributed by atoms with E-state index in [1.807, 2.05) is 18.2 Å². The molecule has 2 nitrogen and oxygen atoms in total. The van der Waals surface area contributed by atoms with E-state index in [1.54, 1.807) is 0 Å². The molecule has 2 heteroatoms. The lowest BCUT2D eigenvalue weighted by atomic mass is 9.65. The molecule has 2 atom stereocenters. The molecule has 2 unspecified atom stereocenters. The van der Waals surface area contributed by atoms with Crippen molar-refractivity contribution in [2.24, 2.45) is 11.8 Å². The fourth-order valence-electron chi connectivity index (χ4n) is 4.53. The summed E-state index contributed by atoms with van der Waals surface area (Å²) in [5.74, 6) is 0.890.